The first-order valence-electron chi connectivity index (χ1n) is 10.7. The molecule has 0 bridgehead atoms. The van der Waals surface area contributed by atoms with E-state index in [4.69, 9.17) is 14.2 Å². The average Bonchev–Trinajstić information content (AvgIpc) is 3.32. The van der Waals surface area contributed by atoms with E-state index in [-0.39, 0.29) is 0 Å². The summed E-state index contributed by atoms with van der Waals surface area (Å²) in [5.74, 6) is 2.65. The lowest BCUT2D eigenvalue weighted by Crippen LogP contribution is -2.25. The van der Waals surface area contributed by atoms with Crippen molar-refractivity contribution in [2.75, 3.05) is 44.8 Å². The first-order valence-corrected chi connectivity index (χ1v) is 10.7. The van der Waals surface area contributed by atoms with E-state index in [1.54, 1.807) is 7.11 Å². The summed E-state index contributed by atoms with van der Waals surface area (Å²) in [5.41, 5.74) is 2.18. The van der Waals surface area contributed by atoms with E-state index in [2.05, 4.69) is 34.2 Å². The second-order valence-electron chi connectivity index (χ2n) is 7.57. The Balaban J connectivity index is 1.24. The molecule has 2 aliphatic heterocycles. The Hall–Kier alpha value is -2.92. The van der Waals surface area contributed by atoms with Gasteiger partial charge in [-0.05, 0) is 68.4 Å². The van der Waals surface area contributed by atoms with Crippen LogP contribution in [0.2, 0.25) is 0 Å². The van der Waals surface area contributed by atoms with Crippen molar-refractivity contribution in [1.82, 2.24) is 4.90 Å². The molecular formula is C25H30N2O3. The highest BCUT2D eigenvalue weighted by Gasteiger charge is 2.12. The van der Waals surface area contributed by atoms with E-state index in [1.165, 1.54) is 25.9 Å². The quantitative estimate of drug-likeness (QED) is 0.608. The molecule has 0 aliphatic carbocycles. The van der Waals surface area contributed by atoms with Crippen molar-refractivity contribution in [1.29, 1.82) is 0 Å². The molecule has 0 saturated carbocycles. The third kappa shape index (κ3) is 5.36. The molecular weight excluding hydrogens is 376 g/mol. The van der Waals surface area contributed by atoms with Crippen LogP contribution >= 0.6 is 0 Å². The highest BCUT2D eigenvalue weighted by Crippen LogP contribution is 2.24. The molecule has 0 aromatic heterocycles. The summed E-state index contributed by atoms with van der Waals surface area (Å²) in [6, 6.07) is 16.2. The molecule has 5 nitrogen and oxygen atoms in total. The van der Waals surface area contributed by atoms with Crippen LogP contribution in [0.25, 0.3) is 0 Å². The van der Waals surface area contributed by atoms with Crippen LogP contribution in [0.5, 0.6) is 11.5 Å². The van der Waals surface area contributed by atoms with Gasteiger partial charge in [-0.25, -0.2) is 0 Å². The second kappa shape index (κ2) is 10.2. The molecule has 0 unspecified atom stereocenters. The van der Waals surface area contributed by atoms with Gasteiger partial charge in [0.1, 0.15) is 30.5 Å². The number of anilines is 1. The average molecular weight is 407 g/mol. The highest BCUT2D eigenvalue weighted by molar-refractivity contribution is 5.53. The molecule has 1 fully saturated rings. The van der Waals surface area contributed by atoms with Gasteiger partial charge in [-0.2, -0.15) is 0 Å². The standard InChI is InChI=1S/C25H30N2O3/c1-28-25-7-3-2-6-21(25)20-30-24-12-16-27(17-13-24)22-8-10-23(11-9-22)29-19-18-26-14-4-5-15-26/h2-3,6-13,16H,4-5,14-15,17-20H2,1H3. The molecule has 0 radical (unpaired) electrons. The number of ether oxygens (including phenoxy) is 3. The molecule has 30 heavy (non-hydrogen) atoms. The molecule has 2 aromatic carbocycles. The molecule has 0 spiro atoms. The fourth-order valence-electron chi connectivity index (χ4n) is 3.80. The van der Waals surface area contributed by atoms with Crippen LogP contribution in [0.15, 0.2) is 72.6 Å². The molecule has 0 N–H and O–H groups in total. The van der Waals surface area contributed by atoms with Gasteiger partial charge in [-0.15, -0.1) is 0 Å². The van der Waals surface area contributed by atoms with Crippen LogP contribution in [0.1, 0.15) is 18.4 Å². The summed E-state index contributed by atoms with van der Waals surface area (Å²) in [5, 5.41) is 0. The van der Waals surface area contributed by atoms with Crippen LogP contribution in [0.3, 0.4) is 0 Å². The van der Waals surface area contributed by atoms with Crippen LogP contribution < -0.4 is 14.4 Å². The zero-order valence-electron chi connectivity index (χ0n) is 17.6. The van der Waals surface area contributed by atoms with Gasteiger partial charge in [-0.1, -0.05) is 18.2 Å². The van der Waals surface area contributed by atoms with Crippen LogP contribution in [0, 0.1) is 0 Å². The number of allylic oxidation sites excluding steroid dienone is 1. The van der Waals surface area contributed by atoms with E-state index in [0.717, 1.165) is 48.2 Å². The molecule has 2 aliphatic rings. The number of likely N-dealkylation sites (tertiary alicyclic amines) is 1. The fraction of sp³-hybridized carbons (Fsp3) is 0.360. The number of rotatable bonds is 9. The number of hydrogen-bond acceptors (Lipinski definition) is 5. The maximum atomic E-state index is 5.94. The molecule has 0 amide bonds. The molecule has 5 heteroatoms. The Kier molecular flexibility index (Phi) is 6.93. The van der Waals surface area contributed by atoms with E-state index in [1.807, 2.05) is 42.5 Å². The minimum atomic E-state index is 0.490. The predicted octanol–water partition coefficient (Wildman–Crippen LogP) is 4.60. The third-order valence-electron chi connectivity index (χ3n) is 5.54. The number of methoxy groups -OCH3 is 1. The van der Waals surface area contributed by atoms with Crippen molar-refractivity contribution in [3.63, 3.8) is 0 Å². The first kappa shape index (κ1) is 20.4. The number of para-hydroxylation sites is 1. The number of hydrogen-bond donors (Lipinski definition) is 0. The fourth-order valence-corrected chi connectivity index (χ4v) is 3.80. The summed E-state index contributed by atoms with van der Waals surface area (Å²) in [6.07, 6.45) is 8.79. The Bertz CT molecular complexity index is 870. The molecule has 2 heterocycles. The number of nitrogens with zero attached hydrogens (tertiary/aromatic N) is 2. The van der Waals surface area contributed by atoms with Crippen molar-refractivity contribution >= 4 is 5.69 Å². The highest BCUT2D eigenvalue weighted by atomic mass is 16.5. The Morgan fingerprint density at radius 2 is 1.73 bits per heavy atom. The molecule has 2 aromatic rings. The SMILES string of the molecule is COc1ccccc1COC1=CCN(c2ccc(OCCN3CCCC3)cc2)C=C1. The summed E-state index contributed by atoms with van der Waals surface area (Å²) >= 11 is 0. The van der Waals surface area contributed by atoms with Crippen LogP contribution in [0.4, 0.5) is 5.69 Å². The summed E-state index contributed by atoms with van der Waals surface area (Å²) in [4.78, 5) is 4.65. The zero-order chi connectivity index (χ0) is 20.6. The summed E-state index contributed by atoms with van der Waals surface area (Å²) in [7, 11) is 1.68. The monoisotopic (exact) mass is 406 g/mol. The van der Waals surface area contributed by atoms with Gasteiger partial charge in [0.15, 0.2) is 0 Å². The minimum Gasteiger partial charge on any atom is -0.496 e. The molecule has 1 saturated heterocycles. The normalized spacial score (nSPS) is 16.4. The predicted molar refractivity (Wildman–Crippen MR) is 120 cm³/mol. The number of benzene rings is 2. The summed E-state index contributed by atoms with van der Waals surface area (Å²) in [6.45, 7) is 5.44. The van der Waals surface area contributed by atoms with Gasteiger partial charge in [0.05, 0.1) is 7.11 Å². The van der Waals surface area contributed by atoms with Gasteiger partial charge < -0.3 is 19.1 Å². The van der Waals surface area contributed by atoms with Gasteiger partial charge in [-0.3, -0.25) is 4.90 Å². The smallest absolute Gasteiger partial charge is 0.125 e. The second-order valence-corrected chi connectivity index (χ2v) is 7.57. The van der Waals surface area contributed by atoms with E-state index >= 15 is 0 Å². The Labute approximate surface area is 179 Å². The Morgan fingerprint density at radius 3 is 2.47 bits per heavy atom. The molecule has 158 valence electrons. The maximum absolute atomic E-state index is 5.94. The molecule has 0 atom stereocenters. The first-order chi connectivity index (χ1) is 14.8. The van der Waals surface area contributed by atoms with E-state index < -0.39 is 0 Å². The van der Waals surface area contributed by atoms with Crippen LogP contribution in [-0.2, 0) is 11.3 Å². The van der Waals surface area contributed by atoms with Gasteiger partial charge >= 0.3 is 0 Å². The maximum Gasteiger partial charge on any atom is 0.125 e. The van der Waals surface area contributed by atoms with Gasteiger partial charge in [0.25, 0.3) is 0 Å². The van der Waals surface area contributed by atoms with Crippen molar-refractivity contribution in [3.8, 4) is 11.5 Å². The lowest BCUT2D eigenvalue weighted by molar-refractivity contribution is 0.205. The topological polar surface area (TPSA) is 34.2 Å². The molecule has 4 rings (SSSR count). The van der Waals surface area contributed by atoms with E-state index in [9.17, 15) is 0 Å². The van der Waals surface area contributed by atoms with Crippen molar-refractivity contribution < 1.29 is 14.2 Å². The largest absolute Gasteiger partial charge is 0.496 e. The van der Waals surface area contributed by atoms with Gasteiger partial charge in [0, 0.05) is 30.5 Å². The van der Waals surface area contributed by atoms with Crippen LogP contribution in [-0.4, -0.2) is 44.8 Å². The lowest BCUT2D eigenvalue weighted by Gasteiger charge is -2.23. The van der Waals surface area contributed by atoms with E-state index in [0.29, 0.717) is 6.61 Å². The lowest BCUT2D eigenvalue weighted by atomic mass is 10.2. The third-order valence-corrected chi connectivity index (χ3v) is 5.54. The van der Waals surface area contributed by atoms with Crippen molar-refractivity contribution in [2.45, 2.75) is 19.4 Å². The van der Waals surface area contributed by atoms with Crippen molar-refractivity contribution in [3.05, 3.63) is 78.2 Å². The minimum absolute atomic E-state index is 0.490. The van der Waals surface area contributed by atoms with Gasteiger partial charge in [0.2, 0.25) is 0 Å². The summed E-state index contributed by atoms with van der Waals surface area (Å²) < 4.78 is 17.2. The van der Waals surface area contributed by atoms with Crippen molar-refractivity contribution in [2.24, 2.45) is 0 Å². The zero-order valence-corrected chi connectivity index (χ0v) is 17.6. The Morgan fingerprint density at radius 1 is 0.933 bits per heavy atom.